The van der Waals surface area contributed by atoms with E-state index in [9.17, 15) is 2.74 Å². The van der Waals surface area contributed by atoms with Gasteiger partial charge in [-0.25, -0.2) is 4.98 Å². The Morgan fingerprint density at radius 2 is 1.25 bits per heavy atom. The fraction of sp³-hybridized carbons (Fsp3) is 0.0962. The third kappa shape index (κ3) is 6.18. The fourth-order valence-electron chi connectivity index (χ4n) is 7.78. The van der Waals surface area contributed by atoms with Crippen LogP contribution in [0.4, 0.5) is 22.7 Å². The lowest BCUT2D eigenvalue weighted by atomic mass is 9.88. The molecule has 2 aromatic heterocycles. The van der Waals surface area contributed by atoms with E-state index in [1.54, 1.807) is 6.20 Å². The first-order chi connectivity index (χ1) is 30.8. The summed E-state index contributed by atoms with van der Waals surface area (Å²) in [5.41, 5.74) is 7.85. The standard InChI is InChI=1S/C52H42N4O/c1-52(2,3)38-30-31-53-50(32-38)56-46-25-11-10-22-44(46)45-29-28-41(34-49(45)56)57-40-21-14-20-39(33-40)54-35-55(48-27-13-12-26-47(48)54)51-42(36-16-6-4-7-17-36)23-15-24-43(51)37-18-8-5-9-19-37/h4-34H,35H2,1-3H3/i10D,11D,15D,22D,23D,24D,25D. The third-order valence-corrected chi connectivity index (χ3v) is 10.6. The van der Waals surface area contributed by atoms with E-state index in [4.69, 9.17) is 16.6 Å². The van der Waals surface area contributed by atoms with Crippen molar-refractivity contribution in [1.82, 2.24) is 9.55 Å². The third-order valence-electron chi connectivity index (χ3n) is 10.6. The summed E-state index contributed by atoms with van der Waals surface area (Å²) in [5, 5.41) is 1.06. The van der Waals surface area contributed by atoms with Gasteiger partial charge in [-0.15, -0.1) is 0 Å². The summed E-state index contributed by atoms with van der Waals surface area (Å²) in [6, 6.07) is 43.6. The molecule has 7 aromatic carbocycles. The summed E-state index contributed by atoms with van der Waals surface area (Å²) < 4.78 is 71.0. The predicted molar refractivity (Wildman–Crippen MR) is 237 cm³/mol. The van der Waals surface area contributed by atoms with E-state index >= 15 is 0 Å². The minimum atomic E-state index is -0.315. The molecule has 0 saturated carbocycles. The number of aromatic nitrogens is 2. The number of nitrogens with zero attached hydrogens (tertiary/aromatic N) is 4. The zero-order chi connectivity index (χ0) is 44.6. The molecule has 0 spiro atoms. The van der Waals surface area contributed by atoms with E-state index in [0.717, 1.165) is 33.8 Å². The van der Waals surface area contributed by atoms with Gasteiger partial charge in [0.15, 0.2) is 0 Å². The summed E-state index contributed by atoms with van der Waals surface area (Å²) in [6.07, 6.45) is 1.73. The molecule has 3 heterocycles. The molecule has 0 atom stereocenters. The number of anilines is 4. The molecule has 0 N–H and O–H groups in total. The second-order valence-corrected chi connectivity index (χ2v) is 15.2. The molecule has 9 aromatic rings. The van der Waals surface area contributed by atoms with Gasteiger partial charge in [0.25, 0.3) is 0 Å². The molecule has 1 aliphatic heterocycles. The maximum Gasteiger partial charge on any atom is 0.137 e. The lowest BCUT2D eigenvalue weighted by Crippen LogP contribution is -2.24. The van der Waals surface area contributed by atoms with Crippen LogP contribution in [0.5, 0.6) is 11.5 Å². The van der Waals surface area contributed by atoms with Crippen LogP contribution >= 0.6 is 0 Å². The number of ether oxygens (including phenoxy) is 1. The Hall–Kier alpha value is -7.11. The SMILES string of the molecule is [2H]c1c([2H])c(-c2ccccc2)c(N2CN(c3cccc(Oc4ccc5c6c([2H])c([2H])c([2H])c([2H])c6n(-c6cc(C(C)(C)C)ccn6)c5c4)c3)c3ccccc32)c(-c2ccccc2)c1[2H]. The van der Waals surface area contributed by atoms with Gasteiger partial charge in [-0.3, -0.25) is 4.57 Å². The number of hydrogen-bond donors (Lipinski definition) is 0. The lowest BCUT2D eigenvalue weighted by molar-refractivity contribution is 0.483. The van der Waals surface area contributed by atoms with Gasteiger partial charge in [-0.2, -0.15) is 0 Å². The Morgan fingerprint density at radius 1 is 0.579 bits per heavy atom. The predicted octanol–water partition coefficient (Wildman–Crippen LogP) is 13.8. The Bertz CT molecular complexity index is 3250. The summed E-state index contributed by atoms with van der Waals surface area (Å²) in [6.45, 7) is 6.68. The zero-order valence-electron chi connectivity index (χ0n) is 38.8. The van der Waals surface area contributed by atoms with E-state index in [0.29, 0.717) is 62.6 Å². The van der Waals surface area contributed by atoms with Crippen LogP contribution in [0.1, 0.15) is 35.9 Å². The van der Waals surface area contributed by atoms with Gasteiger partial charge in [-0.1, -0.05) is 136 Å². The Balaban J connectivity index is 1.08. The second kappa shape index (κ2) is 13.9. The molecule has 0 fully saturated rings. The maximum absolute atomic E-state index is 9.28. The summed E-state index contributed by atoms with van der Waals surface area (Å²) >= 11 is 0. The topological polar surface area (TPSA) is 33.5 Å². The van der Waals surface area contributed by atoms with E-state index < -0.39 is 0 Å². The molecular formula is C52H42N4O. The zero-order valence-corrected chi connectivity index (χ0v) is 31.8. The van der Waals surface area contributed by atoms with Crippen LogP contribution < -0.4 is 14.5 Å². The highest BCUT2D eigenvalue weighted by molar-refractivity contribution is 6.09. The number of fused-ring (bicyclic) bond motifs is 4. The first kappa shape index (κ1) is 27.5. The van der Waals surface area contributed by atoms with E-state index in [2.05, 4.69) is 36.6 Å². The molecule has 0 radical (unpaired) electrons. The van der Waals surface area contributed by atoms with Gasteiger partial charge in [0.1, 0.15) is 24.0 Å². The Morgan fingerprint density at radius 3 is 1.96 bits per heavy atom. The van der Waals surface area contributed by atoms with Crippen LogP contribution in [-0.2, 0) is 5.41 Å². The molecule has 5 nitrogen and oxygen atoms in total. The highest BCUT2D eigenvalue weighted by atomic mass is 16.5. The summed E-state index contributed by atoms with van der Waals surface area (Å²) in [4.78, 5) is 9.04. The average Bonchev–Trinajstić information content (AvgIpc) is 3.86. The summed E-state index contributed by atoms with van der Waals surface area (Å²) in [5.74, 6) is 1.59. The first-order valence-electron chi connectivity index (χ1n) is 22.5. The van der Waals surface area contributed by atoms with E-state index in [1.165, 1.54) is 0 Å². The quantitative estimate of drug-likeness (QED) is 0.163. The van der Waals surface area contributed by atoms with Crippen LogP contribution in [0.3, 0.4) is 0 Å². The van der Waals surface area contributed by atoms with Crippen molar-refractivity contribution < 1.29 is 14.3 Å². The van der Waals surface area contributed by atoms with E-state index in [-0.39, 0.29) is 47.7 Å². The molecular weight excluding hydrogens is 697 g/mol. The average molecular weight is 746 g/mol. The number of pyridine rings is 1. The minimum absolute atomic E-state index is 0.0101. The van der Waals surface area contributed by atoms with Crippen LogP contribution in [0, 0.1) is 0 Å². The highest BCUT2D eigenvalue weighted by Gasteiger charge is 2.31. The van der Waals surface area contributed by atoms with Gasteiger partial charge >= 0.3 is 0 Å². The van der Waals surface area contributed by atoms with Crippen molar-refractivity contribution >= 4 is 44.6 Å². The first-order valence-corrected chi connectivity index (χ1v) is 19.0. The van der Waals surface area contributed by atoms with Crippen LogP contribution in [0.2, 0.25) is 0 Å². The maximum atomic E-state index is 9.28. The van der Waals surface area contributed by atoms with Gasteiger partial charge in [0.2, 0.25) is 0 Å². The van der Waals surface area contributed by atoms with Crippen LogP contribution in [-0.4, -0.2) is 16.2 Å². The fourth-order valence-corrected chi connectivity index (χ4v) is 7.78. The lowest BCUT2D eigenvalue weighted by Gasteiger charge is -2.27. The van der Waals surface area contributed by atoms with Crippen LogP contribution in [0.15, 0.2) is 188 Å². The van der Waals surface area contributed by atoms with Crippen molar-refractivity contribution in [3.63, 3.8) is 0 Å². The summed E-state index contributed by atoms with van der Waals surface area (Å²) in [7, 11) is 0. The van der Waals surface area contributed by atoms with Crippen molar-refractivity contribution in [1.29, 1.82) is 0 Å². The monoisotopic (exact) mass is 745 g/mol. The number of hydrogen-bond acceptors (Lipinski definition) is 4. The van der Waals surface area contributed by atoms with Gasteiger partial charge in [0.05, 0.1) is 37.7 Å². The highest BCUT2D eigenvalue weighted by Crippen LogP contribution is 2.50. The van der Waals surface area contributed by atoms with Crippen LogP contribution in [0.25, 0.3) is 49.9 Å². The van der Waals surface area contributed by atoms with E-state index in [1.807, 2.05) is 138 Å². The molecule has 10 rings (SSSR count). The van der Waals surface area contributed by atoms with Gasteiger partial charge in [-0.05, 0) is 76.7 Å². The Kier molecular flexibility index (Phi) is 6.69. The number of rotatable bonds is 7. The minimum Gasteiger partial charge on any atom is -0.457 e. The molecule has 0 saturated heterocycles. The molecule has 0 bridgehead atoms. The largest absolute Gasteiger partial charge is 0.457 e. The molecule has 0 unspecified atom stereocenters. The molecule has 57 heavy (non-hydrogen) atoms. The van der Waals surface area contributed by atoms with Crippen molar-refractivity contribution in [2.24, 2.45) is 0 Å². The van der Waals surface area contributed by atoms with Crippen molar-refractivity contribution in [2.45, 2.75) is 26.2 Å². The van der Waals surface area contributed by atoms with Gasteiger partial charge < -0.3 is 14.5 Å². The number of benzene rings is 7. The number of para-hydroxylation sites is 4. The molecule has 0 aliphatic carbocycles. The molecule has 0 amide bonds. The smallest absolute Gasteiger partial charge is 0.137 e. The Labute approximate surface area is 343 Å². The van der Waals surface area contributed by atoms with Crippen molar-refractivity contribution in [3.05, 3.63) is 194 Å². The van der Waals surface area contributed by atoms with Crippen molar-refractivity contribution in [3.8, 4) is 39.6 Å². The molecule has 276 valence electrons. The second-order valence-electron chi connectivity index (χ2n) is 15.2. The van der Waals surface area contributed by atoms with Gasteiger partial charge in [0, 0.05) is 45.9 Å². The molecule has 5 heteroatoms. The molecule has 1 aliphatic rings. The normalized spacial score (nSPS) is 14.4. The van der Waals surface area contributed by atoms with Crippen molar-refractivity contribution in [2.75, 3.05) is 16.5 Å².